The second-order valence-corrected chi connectivity index (χ2v) is 8.11. The highest BCUT2D eigenvalue weighted by molar-refractivity contribution is 7.91. The number of methoxy groups -OCH3 is 1. The van der Waals surface area contributed by atoms with Crippen molar-refractivity contribution < 1.29 is 13.2 Å². The van der Waals surface area contributed by atoms with Gasteiger partial charge in [0.05, 0.1) is 0 Å². The Morgan fingerprint density at radius 2 is 2.33 bits per heavy atom. The summed E-state index contributed by atoms with van der Waals surface area (Å²) in [6.45, 7) is 6.24. The maximum Gasteiger partial charge on any atom is 0.247 e. The lowest BCUT2D eigenvalue weighted by molar-refractivity contribution is 0.158. The molecule has 0 fully saturated rings. The van der Waals surface area contributed by atoms with Gasteiger partial charge in [-0.05, 0) is 24.6 Å². The molecule has 1 aliphatic heterocycles. The molecule has 0 unspecified atom stereocenters. The number of hydrogen-bond acceptors (Lipinski definition) is 6. The molecule has 3 N–H and O–H groups in total. The van der Waals surface area contributed by atoms with E-state index in [1.807, 2.05) is 0 Å². The molecule has 21 heavy (non-hydrogen) atoms. The summed E-state index contributed by atoms with van der Waals surface area (Å²) in [5.41, 5.74) is 1.08. The topological polar surface area (TPSA) is 84.7 Å². The van der Waals surface area contributed by atoms with E-state index in [0.717, 1.165) is 49.6 Å². The van der Waals surface area contributed by atoms with Crippen molar-refractivity contribution >= 4 is 21.4 Å². The van der Waals surface area contributed by atoms with Crippen LogP contribution in [0.15, 0.2) is 10.3 Å². The molecule has 0 spiro atoms. The van der Waals surface area contributed by atoms with Gasteiger partial charge in [0.25, 0.3) is 0 Å². The number of ether oxygens (including phenoxy) is 1. The first-order valence-electron chi connectivity index (χ1n) is 7.05. The molecule has 1 aromatic heterocycles. The van der Waals surface area contributed by atoms with Gasteiger partial charge >= 0.3 is 0 Å². The quantitative estimate of drug-likeness (QED) is 0.724. The number of nitrogens with two attached hydrogens (primary N) is 1. The minimum atomic E-state index is -3.62. The van der Waals surface area contributed by atoms with E-state index in [4.69, 9.17) is 9.88 Å². The highest BCUT2D eigenvalue weighted by Crippen LogP contribution is 2.35. The summed E-state index contributed by atoms with van der Waals surface area (Å²) < 4.78 is 28.4. The Bertz CT molecular complexity index is 571. The van der Waals surface area contributed by atoms with Crippen molar-refractivity contribution in [3.63, 3.8) is 0 Å². The van der Waals surface area contributed by atoms with Gasteiger partial charge in [0.15, 0.2) is 0 Å². The second-order valence-electron chi connectivity index (χ2n) is 5.18. The molecule has 120 valence electrons. The SMILES string of the molecule is CCN[C@H]1CN(CCCOC)Cc2sc(S(N)(=O)=O)cc21. The number of fused-ring (bicyclic) bond motifs is 1. The molecule has 1 atom stereocenters. The first kappa shape index (κ1) is 16.9. The fourth-order valence-corrected chi connectivity index (χ4v) is 4.68. The maximum atomic E-state index is 11.5. The summed E-state index contributed by atoms with van der Waals surface area (Å²) in [6.07, 6.45) is 0.970. The van der Waals surface area contributed by atoms with E-state index in [1.165, 1.54) is 11.3 Å². The lowest BCUT2D eigenvalue weighted by Crippen LogP contribution is -2.39. The molecule has 0 bridgehead atoms. The Morgan fingerprint density at radius 3 is 2.95 bits per heavy atom. The molecule has 8 heteroatoms. The maximum absolute atomic E-state index is 11.5. The number of hydrogen-bond donors (Lipinski definition) is 2. The van der Waals surface area contributed by atoms with Gasteiger partial charge in [0.1, 0.15) is 4.21 Å². The summed E-state index contributed by atoms with van der Waals surface area (Å²) in [6, 6.07) is 1.89. The van der Waals surface area contributed by atoms with Crippen LogP contribution in [0.5, 0.6) is 0 Å². The Morgan fingerprint density at radius 1 is 1.57 bits per heavy atom. The van der Waals surface area contributed by atoms with E-state index in [-0.39, 0.29) is 10.3 Å². The number of nitrogens with zero attached hydrogens (tertiary/aromatic N) is 1. The van der Waals surface area contributed by atoms with Gasteiger partial charge in [0.2, 0.25) is 10.0 Å². The molecule has 0 radical (unpaired) electrons. The van der Waals surface area contributed by atoms with Gasteiger partial charge in [-0.3, -0.25) is 4.90 Å². The predicted molar refractivity (Wildman–Crippen MR) is 83.9 cm³/mol. The standard InChI is InChI=1S/C13H23N3O3S2/c1-3-15-11-8-16(5-4-6-19-2)9-12-10(11)7-13(20-12)21(14,17)18/h7,11,15H,3-6,8-9H2,1-2H3,(H2,14,17,18)/t11-/m0/s1. The van der Waals surface area contributed by atoms with Crippen LogP contribution in [-0.2, 0) is 21.3 Å². The average Bonchev–Trinajstić information content (AvgIpc) is 2.83. The minimum absolute atomic E-state index is 0.160. The fraction of sp³-hybridized carbons (Fsp3) is 0.692. The molecular formula is C13H23N3O3S2. The number of sulfonamides is 1. The zero-order chi connectivity index (χ0) is 15.5. The van der Waals surface area contributed by atoms with Crippen molar-refractivity contribution in [3.05, 3.63) is 16.5 Å². The average molecular weight is 333 g/mol. The second kappa shape index (κ2) is 7.17. The summed E-state index contributed by atoms with van der Waals surface area (Å²) in [5.74, 6) is 0. The molecule has 1 aromatic rings. The van der Waals surface area contributed by atoms with Gasteiger partial charge in [-0.2, -0.15) is 0 Å². The summed E-state index contributed by atoms with van der Waals surface area (Å²) in [4.78, 5) is 3.42. The first-order chi connectivity index (χ1) is 9.95. The molecular weight excluding hydrogens is 310 g/mol. The summed E-state index contributed by atoms with van der Waals surface area (Å²) >= 11 is 1.29. The molecule has 0 aromatic carbocycles. The van der Waals surface area contributed by atoms with Crippen LogP contribution in [-0.4, -0.2) is 46.7 Å². The van der Waals surface area contributed by atoms with Crippen LogP contribution in [0.1, 0.15) is 29.8 Å². The normalized spacial score (nSPS) is 19.7. The number of primary sulfonamides is 1. The zero-order valence-corrected chi connectivity index (χ0v) is 14.1. The molecule has 6 nitrogen and oxygen atoms in total. The minimum Gasteiger partial charge on any atom is -0.385 e. The van der Waals surface area contributed by atoms with E-state index in [9.17, 15) is 8.42 Å². The number of nitrogens with one attached hydrogen (secondary N) is 1. The predicted octanol–water partition coefficient (Wildman–Crippen LogP) is 0.898. The molecule has 0 amide bonds. The van der Waals surface area contributed by atoms with Gasteiger partial charge in [-0.15, -0.1) is 11.3 Å². The van der Waals surface area contributed by atoms with Crippen LogP contribution < -0.4 is 10.5 Å². The zero-order valence-electron chi connectivity index (χ0n) is 12.5. The van der Waals surface area contributed by atoms with Gasteiger partial charge in [-0.1, -0.05) is 6.92 Å². The van der Waals surface area contributed by atoms with Crippen molar-refractivity contribution in [2.45, 2.75) is 30.1 Å². The van der Waals surface area contributed by atoms with Crippen LogP contribution in [0.4, 0.5) is 0 Å². The molecule has 2 rings (SSSR count). The van der Waals surface area contributed by atoms with Crippen LogP contribution in [0.2, 0.25) is 0 Å². The van der Waals surface area contributed by atoms with Gasteiger partial charge in [0, 0.05) is 44.3 Å². The number of likely N-dealkylation sites (N-methyl/N-ethyl adjacent to an activating group) is 1. The third kappa shape index (κ3) is 4.24. The third-order valence-corrected chi connectivity index (χ3v) is 6.11. The Hall–Kier alpha value is -0.510. The molecule has 1 aliphatic rings. The van der Waals surface area contributed by atoms with Gasteiger partial charge in [-0.25, -0.2) is 13.6 Å². The smallest absolute Gasteiger partial charge is 0.247 e. The van der Waals surface area contributed by atoms with Crippen LogP contribution in [0.25, 0.3) is 0 Å². The number of rotatable bonds is 7. The first-order valence-corrected chi connectivity index (χ1v) is 9.42. The third-order valence-electron chi connectivity index (χ3n) is 3.56. The summed E-state index contributed by atoms with van der Waals surface area (Å²) in [7, 11) is -1.92. The highest BCUT2D eigenvalue weighted by Gasteiger charge is 2.28. The lowest BCUT2D eigenvalue weighted by Gasteiger charge is -2.33. The van der Waals surface area contributed by atoms with E-state index in [2.05, 4.69) is 17.1 Å². The monoisotopic (exact) mass is 333 g/mol. The Balaban J connectivity index is 2.19. The highest BCUT2D eigenvalue weighted by atomic mass is 32.2. The van der Waals surface area contributed by atoms with Crippen molar-refractivity contribution in [2.24, 2.45) is 5.14 Å². The van der Waals surface area contributed by atoms with Crippen molar-refractivity contribution in [1.82, 2.24) is 10.2 Å². The Kier molecular flexibility index (Phi) is 5.75. The summed E-state index contributed by atoms with van der Waals surface area (Å²) in [5, 5.41) is 8.68. The number of thiophene rings is 1. The van der Waals surface area contributed by atoms with E-state index >= 15 is 0 Å². The van der Waals surface area contributed by atoms with Crippen molar-refractivity contribution in [2.75, 3.05) is 33.4 Å². The lowest BCUT2D eigenvalue weighted by atomic mass is 10.0. The fourth-order valence-electron chi connectivity index (χ4n) is 2.62. The Labute approximate surface area is 130 Å². The van der Waals surface area contributed by atoms with Crippen molar-refractivity contribution in [1.29, 1.82) is 0 Å². The molecule has 0 aliphatic carbocycles. The van der Waals surface area contributed by atoms with Crippen molar-refractivity contribution in [3.8, 4) is 0 Å². The molecule has 0 saturated carbocycles. The molecule has 0 saturated heterocycles. The van der Waals surface area contributed by atoms with E-state index in [0.29, 0.717) is 0 Å². The van der Waals surface area contributed by atoms with Gasteiger partial charge < -0.3 is 10.1 Å². The van der Waals surface area contributed by atoms with E-state index < -0.39 is 10.0 Å². The largest absolute Gasteiger partial charge is 0.385 e. The molecule has 2 heterocycles. The van der Waals surface area contributed by atoms with Crippen LogP contribution in [0, 0.1) is 0 Å². The van der Waals surface area contributed by atoms with Crippen LogP contribution in [0.3, 0.4) is 0 Å². The van der Waals surface area contributed by atoms with E-state index in [1.54, 1.807) is 13.2 Å². The van der Waals surface area contributed by atoms with Crippen LogP contribution >= 0.6 is 11.3 Å².